The van der Waals surface area contributed by atoms with Crippen molar-refractivity contribution in [2.75, 3.05) is 13.2 Å². The number of hydrogen-bond donors (Lipinski definition) is 0. The van der Waals surface area contributed by atoms with Crippen LogP contribution in [0.25, 0.3) is 6.08 Å². The van der Waals surface area contributed by atoms with Crippen molar-refractivity contribution < 1.29 is 19.1 Å². The number of ether oxygens (including phenoxy) is 1. The Morgan fingerprint density at radius 3 is 2.48 bits per heavy atom. The summed E-state index contributed by atoms with van der Waals surface area (Å²) in [6, 6.07) is 7.82. The van der Waals surface area contributed by atoms with Crippen LogP contribution in [-0.4, -0.2) is 35.2 Å². The Bertz CT molecular complexity index is 649. The molecule has 23 heavy (non-hydrogen) atoms. The van der Waals surface area contributed by atoms with Gasteiger partial charge in [0.15, 0.2) is 0 Å². The minimum atomic E-state index is -0.586. The average molecular weight is 333 g/mol. The van der Waals surface area contributed by atoms with Gasteiger partial charge in [-0.3, -0.25) is 19.3 Å². The Morgan fingerprint density at radius 2 is 1.91 bits per heavy atom. The van der Waals surface area contributed by atoms with Crippen LogP contribution >= 0.6 is 11.8 Å². The predicted molar refractivity (Wildman–Crippen MR) is 89.8 cm³/mol. The Morgan fingerprint density at radius 1 is 1.26 bits per heavy atom. The number of carbonyl (C=O) groups excluding carboxylic acids is 3. The van der Waals surface area contributed by atoms with E-state index in [4.69, 9.17) is 4.74 Å². The van der Waals surface area contributed by atoms with E-state index in [-0.39, 0.29) is 13.2 Å². The van der Waals surface area contributed by atoms with Gasteiger partial charge in [-0.1, -0.05) is 38.1 Å². The summed E-state index contributed by atoms with van der Waals surface area (Å²) >= 11 is 0.838. The van der Waals surface area contributed by atoms with Gasteiger partial charge in [0, 0.05) is 0 Å². The third kappa shape index (κ3) is 4.22. The van der Waals surface area contributed by atoms with Crippen LogP contribution in [0.5, 0.6) is 0 Å². The molecule has 1 aliphatic heterocycles. The maximum Gasteiger partial charge on any atom is 0.326 e. The summed E-state index contributed by atoms with van der Waals surface area (Å²) in [7, 11) is 0. The average Bonchev–Trinajstić information content (AvgIpc) is 2.76. The van der Waals surface area contributed by atoms with Gasteiger partial charge in [0.05, 0.1) is 11.5 Å². The Labute approximate surface area is 139 Å². The zero-order valence-electron chi connectivity index (χ0n) is 13.4. The third-order valence-corrected chi connectivity index (χ3v) is 4.27. The summed E-state index contributed by atoms with van der Waals surface area (Å²) < 4.78 is 4.78. The lowest BCUT2D eigenvalue weighted by atomic mass is 10.0. The Balaban J connectivity index is 2.13. The van der Waals surface area contributed by atoms with Gasteiger partial charge in [-0.05, 0) is 41.8 Å². The number of thioether (sulfide) groups is 1. The van der Waals surface area contributed by atoms with Crippen LogP contribution in [0.2, 0.25) is 0 Å². The van der Waals surface area contributed by atoms with Gasteiger partial charge in [-0.2, -0.15) is 0 Å². The van der Waals surface area contributed by atoms with E-state index in [0.717, 1.165) is 22.2 Å². The number of rotatable bonds is 5. The van der Waals surface area contributed by atoms with Crippen molar-refractivity contribution in [3.63, 3.8) is 0 Å². The van der Waals surface area contributed by atoms with Crippen molar-refractivity contribution in [3.8, 4) is 0 Å². The van der Waals surface area contributed by atoms with Crippen molar-refractivity contribution >= 4 is 35.0 Å². The molecule has 0 saturated carbocycles. The van der Waals surface area contributed by atoms with E-state index in [2.05, 4.69) is 13.8 Å². The first kappa shape index (κ1) is 17.3. The zero-order chi connectivity index (χ0) is 17.0. The minimum Gasteiger partial charge on any atom is -0.465 e. The second kappa shape index (κ2) is 7.46. The molecular weight excluding hydrogens is 314 g/mol. The highest BCUT2D eigenvalue weighted by atomic mass is 32.2. The molecule has 2 rings (SSSR count). The lowest BCUT2D eigenvalue weighted by Crippen LogP contribution is -2.34. The standard InChI is InChI=1S/C17H19NO4S/c1-4-22-15(19)10-18-16(20)14(23-17(18)21)9-12-5-7-13(8-6-12)11(2)3/h5-9,11H,4,10H2,1-3H3. The molecule has 1 fully saturated rings. The normalized spacial score (nSPS) is 16.5. The molecule has 1 aromatic carbocycles. The summed E-state index contributed by atoms with van der Waals surface area (Å²) in [5.74, 6) is -0.612. The first-order valence-electron chi connectivity index (χ1n) is 7.43. The van der Waals surface area contributed by atoms with Gasteiger partial charge in [0.1, 0.15) is 6.54 Å². The van der Waals surface area contributed by atoms with Crippen LogP contribution in [0.3, 0.4) is 0 Å². The number of benzene rings is 1. The van der Waals surface area contributed by atoms with Gasteiger partial charge in [-0.15, -0.1) is 0 Å². The summed E-state index contributed by atoms with van der Waals surface area (Å²) in [6.45, 7) is 5.76. The van der Waals surface area contributed by atoms with Gasteiger partial charge in [0.2, 0.25) is 0 Å². The second-order valence-corrected chi connectivity index (χ2v) is 6.39. The monoisotopic (exact) mass is 333 g/mol. The van der Waals surface area contributed by atoms with Crippen molar-refractivity contribution in [3.05, 3.63) is 40.3 Å². The van der Waals surface area contributed by atoms with Crippen LogP contribution in [0.4, 0.5) is 4.79 Å². The SMILES string of the molecule is CCOC(=O)CN1C(=O)SC(=Cc2ccc(C(C)C)cc2)C1=O. The highest BCUT2D eigenvalue weighted by Gasteiger charge is 2.36. The van der Waals surface area contributed by atoms with E-state index in [9.17, 15) is 14.4 Å². The van der Waals surface area contributed by atoms with Crippen molar-refractivity contribution in [2.45, 2.75) is 26.7 Å². The molecule has 122 valence electrons. The molecule has 1 aromatic rings. The topological polar surface area (TPSA) is 63.7 Å². The summed E-state index contributed by atoms with van der Waals surface area (Å²) in [5, 5.41) is -0.451. The molecule has 1 heterocycles. The van der Waals surface area contributed by atoms with E-state index in [0.29, 0.717) is 10.8 Å². The van der Waals surface area contributed by atoms with Crippen LogP contribution in [0.15, 0.2) is 29.2 Å². The number of imide groups is 1. The molecule has 2 amide bonds. The number of esters is 1. The summed E-state index contributed by atoms with van der Waals surface area (Å²) in [5.41, 5.74) is 2.05. The molecule has 0 N–H and O–H groups in total. The highest BCUT2D eigenvalue weighted by Crippen LogP contribution is 2.32. The molecule has 0 aliphatic carbocycles. The van der Waals surface area contributed by atoms with E-state index in [1.807, 2.05) is 24.3 Å². The molecule has 0 spiro atoms. The van der Waals surface area contributed by atoms with E-state index in [1.165, 1.54) is 5.56 Å². The summed E-state index contributed by atoms with van der Waals surface area (Å²) in [4.78, 5) is 36.8. The van der Waals surface area contributed by atoms with E-state index < -0.39 is 17.1 Å². The van der Waals surface area contributed by atoms with Gasteiger partial charge in [0.25, 0.3) is 11.1 Å². The number of nitrogens with zero attached hydrogens (tertiary/aromatic N) is 1. The smallest absolute Gasteiger partial charge is 0.326 e. The maximum absolute atomic E-state index is 12.2. The molecule has 1 aliphatic rings. The van der Waals surface area contributed by atoms with Crippen molar-refractivity contribution in [1.82, 2.24) is 4.90 Å². The predicted octanol–water partition coefficient (Wildman–Crippen LogP) is 3.41. The highest BCUT2D eigenvalue weighted by molar-refractivity contribution is 8.18. The molecule has 1 saturated heterocycles. The Kier molecular flexibility index (Phi) is 5.60. The minimum absolute atomic E-state index is 0.215. The van der Waals surface area contributed by atoms with E-state index >= 15 is 0 Å². The van der Waals surface area contributed by atoms with Gasteiger partial charge in [-0.25, -0.2) is 0 Å². The lowest BCUT2D eigenvalue weighted by molar-refractivity contribution is -0.145. The molecule has 0 radical (unpaired) electrons. The third-order valence-electron chi connectivity index (χ3n) is 3.37. The molecule has 0 aromatic heterocycles. The van der Waals surface area contributed by atoms with Crippen molar-refractivity contribution in [2.24, 2.45) is 0 Å². The lowest BCUT2D eigenvalue weighted by Gasteiger charge is -2.10. The first-order chi connectivity index (χ1) is 10.9. The van der Waals surface area contributed by atoms with Crippen molar-refractivity contribution in [1.29, 1.82) is 0 Å². The number of amides is 2. The summed E-state index contributed by atoms with van der Waals surface area (Å²) in [6.07, 6.45) is 1.67. The second-order valence-electron chi connectivity index (χ2n) is 5.39. The quantitative estimate of drug-likeness (QED) is 0.610. The molecule has 5 nitrogen and oxygen atoms in total. The fourth-order valence-electron chi connectivity index (χ4n) is 2.10. The van der Waals surface area contributed by atoms with Crippen LogP contribution < -0.4 is 0 Å². The number of hydrogen-bond acceptors (Lipinski definition) is 5. The molecule has 6 heteroatoms. The maximum atomic E-state index is 12.2. The Hall–Kier alpha value is -2.08. The fraction of sp³-hybridized carbons (Fsp3) is 0.353. The largest absolute Gasteiger partial charge is 0.465 e. The number of carbonyl (C=O) groups is 3. The van der Waals surface area contributed by atoms with E-state index in [1.54, 1.807) is 13.0 Å². The van der Waals surface area contributed by atoms with Crippen LogP contribution in [0, 0.1) is 0 Å². The molecule has 0 atom stereocenters. The molecule has 0 unspecified atom stereocenters. The fourth-order valence-corrected chi connectivity index (χ4v) is 2.94. The van der Waals surface area contributed by atoms with Crippen LogP contribution in [0.1, 0.15) is 37.8 Å². The van der Waals surface area contributed by atoms with Gasteiger partial charge < -0.3 is 4.74 Å². The first-order valence-corrected chi connectivity index (χ1v) is 8.25. The molecule has 0 bridgehead atoms. The zero-order valence-corrected chi connectivity index (χ0v) is 14.2. The van der Waals surface area contributed by atoms with Gasteiger partial charge >= 0.3 is 5.97 Å². The van der Waals surface area contributed by atoms with Crippen LogP contribution in [-0.2, 0) is 14.3 Å². The molecular formula is C17H19NO4S.